The molecule has 0 amide bonds. The predicted molar refractivity (Wildman–Crippen MR) is 63.1 cm³/mol. The zero-order valence-electron chi connectivity index (χ0n) is 8.55. The van der Waals surface area contributed by atoms with E-state index >= 15 is 0 Å². The highest BCUT2D eigenvalue weighted by Gasteiger charge is 1.94. The van der Waals surface area contributed by atoms with Crippen LogP contribution in [0.25, 0.3) is 0 Å². The molecule has 0 aromatic carbocycles. The first-order chi connectivity index (χ1) is 6.76. The molecule has 0 aliphatic rings. The van der Waals surface area contributed by atoms with E-state index in [0.29, 0.717) is 0 Å². The minimum absolute atomic E-state index is 0.790. The van der Waals surface area contributed by atoms with Gasteiger partial charge in [0.15, 0.2) is 0 Å². The molecule has 1 rings (SSSR count). The van der Waals surface area contributed by atoms with E-state index in [1.165, 1.54) is 11.3 Å². The third-order valence-electron chi connectivity index (χ3n) is 2.02. The molecule has 3 heteroatoms. The van der Waals surface area contributed by atoms with E-state index in [1.54, 1.807) is 0 Å². The average Bonchev–Trinajstić information content (AvgIpc) is 2.26. The molecular weight excluding hydrogens is 240 g/mol. The molecule has 0 saturated carbocycles. The normalized spacial score (nSPS) is 11.5. The molecule has 1 aromatic heterocycles. The number of hydrogen-bond acceptors (Lipinski definition) is 2. The molecule has 0 aliphatic carbocycles. The van der Waals surface area contributed by atoms with Crippen molar-refractivity contribution in [1.82, 2.24) is 10.3 Å². The highest BCUT2D eigenvalue weighted by Crippen LogP contribution is 2.04. The van der Waals surface area contributed by atoms with E-state index in [9.17, 15) is 0 Å². The maximum atomic E-state index is 4.34. The van der Waals surface area contributed by atoms with Crippen LogP contribution in [0, 0.1) is 0 Å². The summed E-state index contributed by atoms with van der Waals surface area (Å²) in [5.74, 6) is 0. The molecule has 1 N–H and O–H groups in total. The van der Waals surface area contributed by atoms with E-state index in [2.05, 4.69) is 32.3 Å². The summed E-state index contributed by atoms with van der Waals surface area (Å²) in [7, 11) is 0. The van der Waals surface area contributed by atoms with Gasteiger partial charge in [0.05, 0.1) is 12.2 Å². The van der Waals surface area contributed by atoms with Gasteiger partial charge in [-0.2, -0.15) is 0 Å². The van der Waals surface area contributed by atoms with Crippen LogP contribution >= 0.6 is 15.9 Å². The van der Waals surface area contributed by atoms with E-state index in [4.69, 9.17) is 0 Å². The summed E-state index contributed by atoms with van der Waals surface area (Å²) in [4.78, 5) is 4.34. The van der Waals surface area contributed by atoms with Gasteiger partial charge in [-0.05, 0) is 25.5 Å². The van der Waals surface area contributed by atoms with Crippen molar-refractivity contribution in [3.05, 3.63) is 41.4 Å². The first-order valence-corrected chi connectivity index (χ1v) is 5.75. The smallest absolute Gasteiger partial charge is 0.0594 e. The number of allylic oxidation sites excluding steroid dienone is 2. The lowest BCUT2D eigenvalue weighted by Crippen LogP contribution is -2.11. The van der Waals surface area contributed by atoms with Crippen molar-refractivity contribution in [2.75, 3.05) is 0 Å². The Labute approximate surface area is 93.6 Å². The molecule has 0 spiro atoms. The molecular formula is C11H15BrN2. The Morgan fingerprint density at radius 3 is 2.86 bits per heavy atom. The molecule has 0 radical (unpaired) electrons. The molecule has 1 aromatic rings. The van der Waals surface area contributed by atoms with Gasteiger partial charge >= 0.3 is 0 Å². The highest BCUT2D eigenvalue weighted by molar-refractivity contribution is 9.08. The number of alkyl halides is 1. The molecule has 0 saturated heterocycles. The molecule has 0 unspecified atom stereocenters. The second-order valence-electron chi connectivity index (χ2n) is 3.12. The van der Waals surface area contributed by atoms with Gasteiger partial charge in [0.25, 0.3) is 0 Å². The highest BCUT2D eigenvalue weighted by atomic mass is 79.9. The Morgan fingerprint density at radius 1 is 1.57 bits per heavy atom. The topological polar surface area (TPSA) is 24.9 Å². The molecule has 2 nitrogen and oxygen atoms in total. The summed E-state index contributed by atoms with van der Waals surface area (Å²) in [6.45, 7) is 4.86. The van der Waals surface area contributed by atoms with Crippen LogP contribution in [-0.4, -0.2) is 4.98 Å². The fraction of sp³-hybridized carbons (Fsp3) is 0.364. The first kappa shape index (κ1) is 11.2. The average molecular weight is 255 g/mol. The molecule has 0 fully saturated rings. The first-order valence-electron chi connectivity index (χ1n) is 4.63. The summed E-state index contributed by atoms with van der Waals surface area (Å²) in [6.07, 6.45) is 3.95. The maximum absolute atomic E-state index is 4.34. The van der Waals surface area contributed by atoms with E-state index in [-0.39, 0.29) is 0 Å². The van der Waals surface area contributed by atoms with Crippen LogP contribution in [-0.2, 0) is 11.9 Å². The summed E-state index contributed by atoms with van der Waals surface area (Å²) < 4.78 is 0. The Morgan fingerprint density at radius 2 is 2.36 bits per heavy atom. The zero-order valence-corrected chi connectivity index (χ0v) is 10.1. The van der Waals surface area contributed by atoms with Crippen molar-refractivity contribution in [3.8, 4) is 0 Å². The Bertz CT molecular complexity index is 304. The van der Waals surface area contributed by atoms with Gasteiger partial charge in [-0.3, -0.25) is 4.98 Å². The van der Waals surface area contributed by atoms with E-state index in [0.717, 1.165) is 17.6 Å². The summed E-state index contributed by atoms with van der Waals surface area (Å²) >= 11 is 3.39. The van der Waals surface area contributed by atoms with Crippen molar-refractivity contribution in [2.24, 2.45) is 0 Å². The van der Waals surface area contributed by atoms with Gasteiger partial charge in [0, 0.05) is 17.2 Å². The van der Waals surface area contributed by atoms with Crippen molar-refractivity contribution < 1.29 is 0 Å². The largest absolute Gasteiger partial charge is 0.383 e. The number of hydrogen-bond donors (Lipinski definition) is 1. The number of aromatic nitrogens is 1. The van der Waals surface area contributed by atoms with Crippen LogP contribution in [0.15, 0.2) is 30.1 Å². The Hall–Kier alpha value is -0.830. The second kappa shape index (κ2) is 5.81. The quantitative estimate of drug-likeness (QED) is 0.836. The summed E-state index contributed by atoms with van der Waals surface area (Å²) in [6, 6.07) is 4.14. The molecule has 0 atom stereocenters. The van der Waals surface area contributed by atoms with Crippen LogP contribution in [0.2, 0.25) is 0 Å². The standard InChI is InChI=1S/C11H15BrN2/c1-3-9(2)13-8-11-5-4-10(6-12)7-14-11/h3-5,7,13H,6,8H2,1-2H3. The minimum Gasteiger partial charge on any atom is -0.383 e. The summed E-state index contributed by atoms with van der Waals surface area (Å²) in [5.41, 5.74) is 3.45. The summed E-state index contributed by atoms with van der Waals surface area (Å²) in [5, 5.41) is 4.14. The van der Waals surface area contributed by atoms with Gasteiger partial charge in [0.1, 0.15) is 0 Å². The van der Waals surface area contributed by atoms with Crippen molar-refractivity contribution in [2.45, 2.75) is 25.7 Å². The van der Waals surface area contributed by atoms with Crippen LogP contribution < -0.4 is 5.32 Å². The second-order valence-corrected chi connectivity index (χ2v) is 3.68. The maximum Gasteiger partial charge on any atom is 0.0594 e. The Kier molecular flexibility index (Phi) is 4.66. The lowest BCUT2D eigenvalue weighted by Gasteiger charge is -2.05. The van der Waals surface area contributed by atoms with Gasteiger partial charge in [-0.15, -0.1) is 0 Å². The van der Waals surface area contributed by atoms with Crippen LogP contribution in [0.1, 0.15) is 25.1 Å². The molecule has 0 aliphatic heterocycles. The van der Waals surface area contributed by atoms with E-state index in [1.807, 2.05) is 32.2 Å². The van der Waals surface area contributed by atoms with Gasteiger partial charge < -0.3 is 5.32 Å². The molecule has 76 valence electrons. The number of nitrogens with zero attached hydrogens (tertiary/aromatic N) is 1. The molecule has 14 heavy (non-hydrogen) atoms. The third-order valence-corrected chi connectivity index (χ3v) is 2.67. The monoisotopic (exact) mass is 254 g/mol. The number of halogens is 1. The van der Waals surface area contributed by atoms with Crippen molar-refractivity contribution in [1.29, 1.82) is 0 Å². The van der Waals surface area contributed by atoms with Crippen LogP contribution in [0.3, 0.4) is 0 Å². The molecule has 1 heterocycles. The predicted octanol–water partition coefficient (Wildman–Crippen LogP) is 2.99. The van der Waals surface area contributed by atoms with Crippen molar-refractivity contribution in [3.63, 3.8) is 0 Å². The molecule has 0 bridgehead atoms. The number of rotatable bonds is 4. The van der Waals surface area contributed by atoms with Crippen LogP contribution in [0.5, 0.6) is 0 Å². The number of pyridine rings is 1. The van der Waals surface area contributed by atoms with Gasteiger partial charge in [0.2, 0.25) is 0 Å². The lowest BCUT2D eigenvalue weighted by molar-refractivity contribution is 0.784. The van der Waals surface area contributed by atoms with Crippen LogP contribution in [0.4, 0.5) is 0 Å². The SMILES string of the molecule is CC=C(C)NCc1ccc(CBr)cn1. The Balaban J connectivity index is 2.52. The van der Waals surface area contributed by atoms with Crippen molar-refractivity contribution >= 4 is 15.9 Å². The number of nitrogens with one attached hydrogen (secondary N) is 1. The lowest BCUT2D eigenvalue weighted by atomic mass is 10.3. The fourth-order valence-corrected chi connectivity index (χ4v) is 1.30. The third kappa shape index (κ3) is 3.50. The minimum atomic E-state index is 0.790. The zero-order chi connectivity index (χ0) is 10.4. The fourth-order valence-electron chi connectivity index (χ4n) is 0.971. The van der Waals surface area contributed by atoms with E-state index < -0.39 is 0 Å². The van der Waals surface area contributed by atoms with Gasteiger partial charge in [-0.25, -0.2) is 0 Å². The van der Waals surface area contributed by atoms with Gasteiger partial charge in [-0.1, -0.05) is 28.1 Å².